The van der Waals surface area contributed by atoms with Gasteiger partial charge in [-0.15, -0.1) is 0 Å². The molecule has 0 aromatic carbocycles. The quantitative estimate of drug-likeness (QED) is 0.830. The lowest BCUT2D eigenvalue weighted by atomic mass is 10.2. The maximum Gasteiger partial charge on any atom is 0.0551 e. The van der Waals surface area contributed by atoms with Crippen molar-refractivity contribution in [1.82, 2.24) is 24.9 Å². The Balaban J connectivity index is 1.92. The molecule has 2 aromatic heterocycles. The summed E-state index contributed by atoms with van der Waals surface area (Å²) in [7, 11) is 0. The van der Waals surface area contributed by atoms with E-state index in [1.165, 1.54) is 17.0 Å². The Hall–Kier alpha value is -1.62. The molecule has 104 valence electrons. The smallest absolute Gasteiger partial charge is 0.0551 e. The predicted octanol–water partition coefficient (Wildman–Crippen LogP) is 2.11. The number of nitrogens with zero attached hydrogens (tertiary/aromatic N) is 4. The van der Waals surface area contributed by atoms with Crippen LogP contribution in [0.2, 0.25) is 0 Å². The molecular weight excluding hydrogens is 238 g/mol. The molecule has 0 radical (unpaired) electrons. The van der Waals surface area contributed by atoms with Gasteiger partial charge in [0, 0.05) is 32.4 Å². The lowest BCUT2D eigenvalue weighted by Gasteiger charge is -2.09. The van der Waals surface area contributed by atoms with Crippen LogP contribution in [0.25, 0.3) is 0 Å². The van der Waals surface area contributed by atoms with E-state index in [0.717, 1.165) is 32.6 Å². The average molecular weight is 261 g/mol. The number of hydrogen-bond donors (Lipinski definition) is 1. The van der Waals surface area contributed by atoms with Crippen LogP contribution in [0.3, 0.4) is 0 Å². The predicted molar refractivity (Wildman–Crippen MR) is 75.7 cm³/mol. The molecule has 1 N–H and O–H groups in total. The molecule has 0 aliphatic heterocycles. The average Bonchev–Trinajstić information content (AvgIpc) is 2.98. The third-order valence-electron chi connectivity index (χ3n) is 3.30. The third kappa shape index (κ3) is 3.23. The fourth-order valence-electron chi connectivity index (χ4n) is 2.24. The van der Waals surface area contributed by atoms with Gasteiger partial charge in [0.1, 0.15) is 0 Å². The van der Waals surface area contributed by atoms with Crippen LogP contribution in [-0.2, 0) is 26.2 Å². The van der Waals surface area contributed by atoms with E-state index in [9.17, 15) is 0 Å². The van der Waals surface area contributed by atoms with Crippen molar-refractivity contribution >= 4 is 0 Å². The van der Waals surface area contributed by atoms with Crippen LogP contribution in [0.4, 0.5) is 0 Å². The second-order valence-corrected chi connectivity index (χ2v) is 4.74. The molecule has 5 nitrogen and oxygen atoms in total. The molecule has 0 fully saturated rings. The second-order valence-electron chi connectivity index (χ2n) is 4.74. The minimum absolute atomic E-state index is 0.842. The van der Waals surface area contributed by atoms with Gasteiger partial charge in [0.05, 0.1) is 17.6 Å². The number of aromatic nitrogens is 4. The number of nitrogens with one attached hydrogen (secondary N) is 1. The summed E-state index contributed by atoms with van der Waals surface area (Å²) in [5, 5.41) is 12.2. The summed E-state index contributed by atoms with van der Waals surface area (Å²) in [5.41, 5.74) is 3.75. The molecule has 0 aliphatic rings. The Morgan fingerprint density at radius 3 is 2.74 bits per heavy atom. The van der Waals surface area contributed by atoms with E-state index in [1.807, 2.05) is 17.1 Å². The van der Waals surface area contributed by atoms with Gasteiger partial charge in [-0.3, -0.25) is 9.36 Å². The zero-order valence-corrected chi connectivity index (χ0v) is 12.1. The number of rotatable bonds is 7. The summed E-state index contributed by atoms with van der Waals surface area (Å²) in [6, 6.07) is 2.08. The molecule has 19 heavy (non-hydrogen) atoms. The molecule has 0 amide bonds. The lowest BCUT2D eigenvalue weighted by Crippen LogP contribution is -2.19. The van der Waals surface area contributed by atoms with E-state index in [0.29, 0.717) is 0 Å². The Morgan fingerprint density at radius 2 is 2.00 bits per heavy atom. The van der Waals surface area contributed by atoms with E-state index in [4.69, 9.17) is 0 Å². The van der Waals surface area contributed by atoms with Crippen molar-refractivity contribution in [3.63, 3.8) is 0 Å². The Kier molecular flexibility index (Phi) is 4.74. The molecule has 0 atom stereocenters. The van der Waals surface area contributed by atoms with Gasteiger partial charge in [-0.2, -0.15) is 10.2 Å². The number of aryl methyl sites for hydroxylation is 3. The summed E-state index contributed by atoms with van der Waals surface area (Å²) in [4.78, 5) is 0. The highest BCUT2D eigenvalue weighted by Crippen LogP contribution is 2.07. The van der Waals surface area contributed by atoms with Crippen molar-refractivity contribution in [2.45, 2.75) is 53.4 Å². The molecule has 2 heterocycles. The van der Waals surface area contributed by atoms with Gasteiger partial charge in [-0.1, -0.05) is 6.92 Å². The van der Waals surface area contributed by atoms with Gasteiger partial charge in [0.2, 0.25) is 0 Å². The van der Waals surface area contributed by atoms with Crippen LogP contribution in [-0.4, -0.2) is 19.6 Å². The van der Waals surface area contributed by atoms with E-state index < -0.39 is 0 Å². The lowest BCUT2D eigenvalue weighted by molar-refractivity contribution is 0.534. The van der Waals surface area contributed by atoms with E-state index in [2.05, 4.69) is 47.0 Å². The summed E-state index contributed by atoms with van der Waals surface area (Å²) in [5.74, 6) is 0. The SMILES string of the molecule is CCCn1nccc1CNCc1c(C)cnn1CC. The summed E-state index contributed by atoms with van der Waals surface area (Å²) in [6.45, 7) is 9.98. The fraction of sp³-hybridized carbons (Fsp3) is 0.571. The summed E-state index contributed by atoms with van der Waals surface area (Å²) >= 11 is 0. The van der Waals surface area contributed by atoms with Crippen molar-refractivity contribution in [3.05, 3.63) is 35.4 Å². The van der Waals surface area contributed by atoms with Gasteiger partial charge in [0.15, 0.2) is 0 Å². The molecule has 0 unspecified atom stereocenters. The first-order valence-electron chi connectivity index (χ1n) is 6.99. The zero-order chi connectivity index (χ0) is 13.7. The minimum atomic E-state index is 0.842. The number of hydrogen-bond acceptors (Lipinski definition) is 3. The van der Waals surface area contributed by atoms with E-state index in [1.54, 1.807) is 0 Å². The highest BCUT2D eigenvalue weighted by molar-refractivity contribution is 5.15. The molecule has 0 saturated heterocycles. The van der Waals surface area contributed by atoms with Crippen molar-refractivity contribution in [1.29, 1.82) is 0 Å². The van der Waals surface area contributed by atoms with Gasteiger partial charge in [-0.05, 0) is 31.9 Å². The molecule has 0 spiro atoms. The van der Waals surface area contributed by atoms with Crippen LogP contribution in [0.15, 0.2) is 18.5 Å². The van der Waals surface area contributed by atoms with Crippen LogP contribution in [0.5, 0.6) is 0 Å². The molecular formula is C14H23N5. The van der Waals surface area contributed by atoms with E-state index >= 15 is 0 Å². The van der Waals surface area contributed by atoms with Crippen molar-refractivity contribution < 1.29 is 0 Å². The largest absolute Gasteiger partial charge is 0.306 e. The van der Waals surface area contributed by atoms with Gasteiger partial charge < -0.3 is 5.32 Å². The maximum absolute atomic E-state index is 4.36. The summed E-state index contributed by atoms with van der Waals surface area (Å²) < 4.78 is 4.11. The molecule has 2 aromatic rings. The van der Waals surface area contributed by atoms with Crippen molar-refractivity contribution in [3.8, 4) is 0 Å². The first kappa shape index (κ1) is 13.8. The monoisotopic (exact) mass is 261 g/mol. The Morgan fingerprint density at radius 1 is 1.16 bits per heavy atom. The third-order valence-corrected chi connectivity index (χ3v) is 3.30. The second kappa shape index (κ2) is 6.52. The Labute approximate surface area is 114 Å². The van der Waals surface area contributed by atoms with Gasteiger partial charge >= 0.3 is 0 Å². The molecule has 0 saturated carbocycles. The van der Waals surface area contributed by atoms with Crippen LogP contribution < -0.4 is 5.32 Å². The van der Waals surface area contributed by atoms with Crippen molar-refractivity contribution in [2.75, 3.05) is 0 Å². The van der Waals surface area contributed by atoms with Crippen molar-refractivity contribution in [2.24, 2.45) is 0 Å². The molecule has 2 rings (SSSR count). The van der Waals surface area contributed by atoms with Gasteiger partial charge in [-0.25, -0.2) is 0 Å². The topological polar surface area (TPSA) is 47.7 Å². The first-order chi connectivity index (χ1) is 9.26. The summed E-state index contributed by atoms with van der Waals surface area (Å²) in [6.07, 6.45) is 4.91. The molecule has 0 bridgehead atoms. The highest BCUT2D eigenvalue weighted by Gasteiger charge is 2.06. The standard InChI is InChI=1S/C14H23N5/c1-4-8-19-13(6-7-16-19)10-15-11-14-12(3)9-17-18(14)5-2/h6-7,9,15H,4-5,8,10-11H2,1-3H3. The first-order valence-corrected chi connectivity index (χ1v) is 6.99. The fourth-order valence-corrected chi connectivity index (χ4v) is 2.24. The zero-order valence-electron chi connectivity index (χ0n) is 12.1. The Bertz CT molecular complexity index is 512. The molecule has 0 aliphatic carbocycles. The maximum atomic E-state index is 4.36. The van der Waals surface area contributed by atoms with Crippen LogP contribution >= 0.6 is 0 Å². The van der Waals surface area contributed by atoms with Crippen LogP contribution in [0, 0.1) is 6.92 Å². The normalized spacial score (nSPS) is 11.1. The molecule has 5 heteroatoms. The minimum Gasteiger partial charge on any atom is -0.306 e. The highest BCUT2D eigenvalue weighted by atomic mass is 15.3. The van der Waals surface area contributed by atoms with Crippen LogP contribution in [0.1, 0.15) is 37.2 Å². The van der Waals surface area contributed by atoms with E-state index in [-0.39, 0.29) is 0 Å². The van der Waals surface area contributed by atoms with Gasteiger partial charge in [0.25, 0.3) is 0 Å².